The second kappa shape index (κ2) is 9.49. The number of ether oxygens (including phenoxy) is 1. The summed E-state index contributed by atoms with van der Waals surface area (Å²) in [6.45, 7) is 8.60. The van der Waals surface area contributed by atoms with Crippen LogP contribution in [0.3, 0.4) is 0 Å². The van der Waals surface area contributed by atoms with Gasteiger partial charge in [0.2, 0.25) is 11.8 Å². The van der Waals surface area contributed by atoms with Crippen molar-refractivity contribution in [2.45, 2.75) is 38.5 Å². The zero-order valence-electron chi connectivity index (χ0n) is 18.1. The van der Waals surface area contributed by atoms with E-state index in [1.54, 1.807) is 10.9 Å². The molecule has 2 heterocycles. The zero-order valence-corrected chi connectivity index (χ0v) is 18.9. The maximum atomic E-state index is 9.53. The van der Waals surface area contributed by atoms with E-state index in [0.717, 1.165) is 16.2 Å². The average molecular weight is 428 g/mol. The molecule has 0 bridgehead atoms. The Labute approximate surface area is 182 Å². The standard InChI is InChI=1S/C22H29N5O2S/c1-15(2)17-8-6-7-9-18(17)19-10-20(29-14-22(3,4)13-28)25-21(24-19)26-30-16-11-23-27(5)12-16/h6-12,15,28H,13-14H2,1-5H3,(H,24,25,26). The van der Waals surface area contributed by atoms with Crippen molar-refractivity contribution in [1.29, 1.82) is 0 Å². The van der Waals surface area contributed by atoms with Gasteiger partial charge in [-0.05, 0) is 23.4 Å². The van der Waals surface area contributed by atoms with E-state index in [1.807, 2.05) is 45.3 Å². The lowest BCUT2D eigenvalue weighted by atomic mass is 9.95. The maximum absolute atomic E-state index is 9.53. The lowest BCUT2D eigenvalue weighted by Crippen LogP contribution is -2.25. The summed E-state index contributed by atoms with van der Waals surface area (Å²) in [5.41, 5.74) is 2.69. The lowest BCUT2D eigenvalue weighted by molar-refractivity contribution is 0.0952. The van der Waals surface area contributed by atoms with E-state index in [-0.39, 0.29) is 12.0 Å². The van der Waals surface area contributed by atoms with Gasteiger partial charge in [-0.15, -0.1) is 0 Å². The minimum Gasteiger partial charge on any atom is -0.477 e. The quantitative estimate of drug-likeness (QED) is 0.486. The van der Waals surface area contributed by atoms with Gasteiger partial charge in [0.15, 0.2) is 0 Å². The highest BCUT2D eigenvalue weighted by atomic mass is 32.2. The fraction of sp³-hybridized carbons (Fsp3) is 0.409. The summed E-state index contributed by atoms with van der Waals surface area (Å²) in [5.74, 6) is 1.28. The number of aromatic nitrogens is 4. The number of anilines is 1. The molecule has 0 aliphatic carbocycles. The van der Waals surface area contributed by atoms with E-state index in [1.165, 1.54) is 17.5 Å². The highest BCUT2D eigenvalue weighted by Crippen LogP contribution is 2.31. The fourth-order valence-corrected chi connectivity index (χ4v) is 3.39. The number of nitrogens with zero attached hydrogens (tertiary/aromatic N) is 4. The first kappa shape index (κ1) is 22.1. The molecule has 0 atom stereocenters. The van der Waals surface area contributed by atoms with Gasteiger partial charge in [-0.3, -0.25) is 9.40 Å². The summed E-state index contributed by atoms with van der Waals surface area (Å²) in [4.78, 5) is 10.2. The third-order valence-electron chi connectivity index (χ3n) is 4.54. The molecule has 0 aliphatic heterocycles. The van der Waals surface area contributed by atoms with Crippen molar-refractivity contribution in [2.75, 3.05) is 17.9 Å². The Kier molecular flexibility index (Phi) is 6.99. The summed E-state index contributed by atoms with van der Waals surface area (Å²) in [7, 11) is 1.87. The molecule has 0 unspecified atom stereocenters. The molecule has 8 heteroatoms. The summed E-state index contributed by atoms with van der Waals surface area (Å²) >= 11 is 1.39. The van der Waals surface area contributed by atoms with Crippen molar-refractivity contribution in [2.24, 2.45) is 12.5 Å². The van der Waals surface area contributed by atoms with E-state index in [9.17, 15) is 5.11 Å². The number of aliphatic hydroxyl groups excluding tert-OH is 1. The average Bonchev–Trinajstić information content (AvgIpc) is 3.16. The molecule has 160 valence electrons. The lowest BCUT2D eigenvalue weighted by Gasteiger charge is -2.21. The molecule has 0 saturated carbocycles. The molecular formula is C22H29N5O2S. The van der Waals surface area contributed by atoms with Crippen LogP contribution in [0.5, 0.6) is 5.88 Å². The van der Waals surface area contributed by atoms with E-state index < -0.39 is 0 Å². The number of nitrogens with one attached hydrogen (secondary N) is 1. The van der Waals surface area contributed by atoms with Crippen LogP contribution in [0.4, 0.5) is 5.95 Å². The molecule has 0 aliphatic rings. The third kappa shape index (κ3) is 5.73. The smallest absolute Gasteiger partial charge is 0.237 e. The van der Waals surface area contributed by atoms with Crippen LogP contribution in [0.1, 0.15) is 39.2 Å². The number of hydrogen-bond donors (Lipinski definition) is 2. The van der Waals surface area contributed by atoms with Crippen LogP contribution in [-0.2, 0) is 7.05 Å². The number of aliphatic hydroxyl groups is 1. The second-order valence-corrected chi connectivity index (χ2v) is 9.20. The Morgan fingerprint density at radius 3 is 2.67 bits per heavy atom. The molecule has 7 nitrogen and oxygen atoms in total. The van der Waals surface area contributed by atoms with Crippen molar-refractivity contribution >= 4 is 17.9 Å². The summed E-state index contributed by atoms with van der Waals surface area (Å²) in [5, 5.41) is 13.7. The third-order valence-corrected chi connectivity index (χ3v) is 5.27. The Balaban J connectivity index is 1.93. The topological polar surface area (TPSA) is 85.1 Å². The van der Waals surface area contributed by atoms with Crippen LogP contribution >= 0.6 is 11.9 Å². The van der Waals surface area contributed by atoms with Gasteiger partial charge in [-0.2, -0.15) is 10.1 Å². The van der Waals surface area contributed by atoms with E-state index in [0.29, 0.717) is 24.4 Å². The van der Waals surface area contributed by atoms with Crippen molar-refractivity contribution in [3.8, 4) is 17.1 Å². The monoisotopic (exact) mass is 427 g/mol. The van der Waals surface area contributed by atoms with Crippen LogP contribution in [-0.4, -0.2) is 38.1 Å². The van der Waals surface area contributed by atoms with E-state index in [2.05, 4.69) is 40.8 Å². The van der Waals surface area contributed by atoms with Gasteiger partial charge in [0, 0.05) is 30.3 Å². The summed E-state index contributed by atoms with van der Waals surface area (Å²) < 4.78 is 10.9. The van der Waals surface area contributed by atoms with Gasteiger partial charge in [0.1, 0.15) is 0 Å². The van der Waals surface area contributed by atoms with Gasteiger partial charge in [0.05, 0.1) is 30.0 Å². The van der Waals surface area contributed by atoms with Gasteiger partial charge in [-0.25, -0.2) is 4.98 Å². The van der Waals surface area contributed by atoms with Gasteiger partial charge >= 0.3 is 0 Å². The molecule has 0 spiro atoms. The van der Waals surface area contributed by atoms with Crippen molar-refractivity contribution in [3.63, 3.8) is 0 Å². The van der Waals surface area contributed by atoms with Crippen LogP contribution in [0.15, 0.2) is 47.6 Å². The predicted molar refractivity (Wildman–Crippen MR) is 121 cm³/mol. The van der Waals surface area contributed by atoms with Gasteiger partial charge in [0.25, 0.3) is 0 Å². The highest BCUT2D eigenvalue weighted by Gasteiger charge is 2.19. The molecule has 0 radical (unpaired) electrons. The Morgan fingerprint density at radius 2 is 2.00 bits per heavy atom. The van der Waals surface area contributed by atoms with Crippen molar-refractivity contribution in [1.82, 2.24) is 19.7 Å². The van der Waals surface area contributed by atoms with Gasteiger partial charge < -0.3 is 9.84 Å². The van der Waals surface area contributed by atoms with Crippen LogP contribution in [0, 0.1) is 5.41 Å². The van der Waals surface area contributed by atoms with E-state index in [4.69, 9.17) is 9.72 Å². The molecule has 30 heavy (non-hydrogen) atoms. The minimum absolute atomic E-state index is 0.0308. The molecule has 1 aromatic carbocycles. The Bertz CT molecular complexity index is 987. The first-order valence-electron chi connectivity index (χ1n) is 9.91. The fourth-order valence-electron chi connectivity index (χ4n) is 2.79. The number of hydrogen-bond acceptors (Lipinski definition) is 7. The molecule has 2 N–H and O–H groups in total. The van der Waals surface area contributed by atoms with E-state index >= 15 is 0 Å². The molecule has 0 saturated heterocycles. The Hall–Kier alpha value is -2.58. The first-order valence-corrected chi connectivity index (χ1v) is 10.7. The number of aryl methyl sites for hydroxylation is 1. The van der Waals surface area contributed by atoms with Crippen LogP contribution < -0.4 is 9.46 Å². The number of rotatable bonds is 9. The maximum Gasteiger partial charge on any atom is 0.237 e. The molecule has 0 fully saturated rings. The molecular weight excluding hydrogens is 398 g/mol. The molecule has 2 aromatic heterocycles. The molecule has 3 rings (SSSR count). The highest BCUT2D eigenvalue weighted by molar-refractivity contribution is 8.00. The summed E-state index contributed by atoms with van der Waals surface area (Å²) in [6, 6.07) is 10.1. The minimum atomic E-state index is -0.362. The number of benzene rings is 1. The van der Waals surface area contributed by atoms with Gasteiger partial charge in [-0.1, -0.05) is 52.0 Å². The SMILES string of the molecule is CC(C)c1ccccc1-c1cc(OCC(C)(C)CO)nc(NSc2cnn(C)c2)n1. The summed E-state index contributed by atoms with van der Waals surface area (Å²) in [6.07, 6.45) is 3.69. The van der Waals surface area contributed by atoms with Crippen LogP contribution in [0.25, 0.3) is 11.3 Å². The molecule has 0 amide bonds. The molecule has 3 aromatic rings. The predicted octanol–water partition coefficient (Wildman–Crippen LogP) is 4.52. The largest absolute Gasteiger partial charge is 0.477 e. The zero-order chi connectivity index (χ0) is 21.7. The van der Waals surface area contributed by atoms with Crippen LogP contribution in [0.2, 0.25) is 0 Å². The normalized spacial score (nSPS) is 11.7. The Morgan fingerprint density at radius 1 is 1.23 bits per heavy atom. The van der Waals surface area contributed by atoms with Crippen molar-refractivity contribution in [3.05, 3.63) is 48.3 Å². The second-order valence-electron chi connectivity index (χ2n) is 8.32. The first-order chi connectivity index (χ1) is 14.3. The van der Waals surface area contributed by atoms with Crippen molar-refractivity contribution < 1.29 is 9.84 Å².